The zero-order valence-corrected chi connectivity index (χ0v) is 19.5. The number of amides is 2. The minimum absolute atomic E-state index is 0.0472. The molecule has 2 fully saturated rings. The third kappa shape index (κ3) is 5.28. The van der Waals surface area contributed by atoms with Crippen molar-refractivity contribution in [2.45, 2.75) is 12.8 Å². The van der Waals surface area contributed by atoms with E-state index in [9.17, 15) is 19.2 Å². The quantitative estimate of drug-likeness (QED) is 0.595. The van der Waals surface area contributed by atoms with E-state index in [4.69, 9.17) is 13.6 Å². The molecule has 0 saturated carbocycles. The summed E-state index contributed by atoms with van der Waals surface area (Å²) < 4.78 is 15.7. The van der Waals surface area contributed by atoms with Gasteiger partial charge in [-0.25, -0.2) is 9.59 Å². The van der Waals surface area contributed by atoms with Gasteiger partial charge in [0.05, 0.1) is 25.3 Å². The second-order valence-electron chi connectivity index (χ2n) is 8.81. The van der Waals surface area contributed by atoms with Crippen molar-refractivity contribution >= 4 is 29.1 Å². The van der Waals surface area contributed by atoms with E-state index in [0.29, 0.717) is 38.4 Å². The number of carbonyl (C=O) groups excluding carboxylic acids is 2. The summed E-state index contributed by atoms with van der Waals surface area (Å²) in [6, 6.07) is 3.22. The van der Waals surface area contributed by atoms with Gasteiger partial charge < -0.3 is 23.4 Å². The highest BCUT2D eigenvalue weighted by Crippen LogP contribution is 2.25. The monoisotopic (exact) mass is 471 g/mol. The van der Waals surface area contributed by atoms with Crippen LogP contribution in [0.25, 0.3) is 17.2 Å². The summed E-state index contributed by atoms with van der Waals surface area (Å²) in [7, 11) is 3.16. The number of rotatable bonds is 5. The van der Waals surface area contributed by atoms with Gasteiger partial charge in [-0.15, -0.1) is 0 Å². The van der Waals surface area contributed by atoms with Crippen molar-refractivity contribution < 1.29 is 23.2 Å². The molecule has 34 heavy (non-hydrogen) atoms. The molecule has 0 bridgehead atoms. The van der Waals surface area contributed by atoms with Crippen molar-refractivity contribution in [1.82, 2.24) is 14.7 Å². The van der Waals surface area contributed by atoms with E-state index in [-0.39, 0.29) is 34.5 Å². The Morgan fingerprint density at radius 2 is 1.65 bits per heavy atom. The van der Waals surface area contributed by atoms with Gasteiger partial charge in [-0.2, -0.15) is 0 Å². The standard InChI is InChI=1S/C24H29N3O7/c1-25(2)22(29)18-6-5-17(20-21(18)34-24(31)23(30)33-20)4-3-16-7-9-27(10-8-16)19(28)15-26-11-13-32-14-12-26/h3-6,16H,7-15H2,1-2H3/b4-3+. The molecule has 0 atom stereocenters. The van der Waals surface area contributed by atoms with Crippen molar-refractivity contribution in [3.63, 3.8) is 0 Å². The number of fused-ring (bicyclic) bond motifs is 1. The number of morpholine rings is 1. The smallest absolute Gasteiger partial charge is 0.413 e. The van der Waals surface area contributed by atoms with E-state index in [0.717, 1.165) is 25.9 Å². The number of likely N-dealkylation sites (tertiary alicyclic amines) is 1. The number of piperidine rings is 1. The fourth-order valence-corrected chi connectivity index (χ4v) is 4.23. The molecule has 1 aromatic carbocycles. The largest absolute Gasteiger partial charge is 0.423 e. The molecular formula is C24H29N3O7. The van der Waals surface area contributed by atoms with Crippen LogP contribution in [-0.2, 0) is 9.53 Å². The molecule has 0 unspecified atom stereocenters. The van der Waals surface area contributed by atoms with Crippen LogP contribution < -0.4 is 11.3 Å². The van der Waals surface area contributed by atoms with Crippen molar-refractivity contribution in [3.05, 3.63) is 50.2 Å². The summed E-state index contributed by atoms with van der Waals surface area (Å²) in [5, 5.41) is 0. The Balaban J connectivity index is 1.46. The Kier molecular flexibility index (Phi) is 7.28. The Morgan fingerprint density at radius 1 is 1.00 bits per heavy atom. The average Bonchev–Trinajstić information content (AvgIpc) is 2.84. The van der Waals surface area contributed by atoms with Crippen LogP contribution >= 0.6 is 0 Å². The SMILES string of the molecule is CN(C)C(=O)c1ccc(/C=C/C2CCN(C(=O)CN3CCOCC3)CC2)c2oc(=O)c(=O)oc12. The molecular weight excluding hydrogens is 442 g/mol. The normalized spacial score (nSPS) is 18.0. The van der Waals surface area contributed by atoms with Crippen LogP contribution in [0.1, 0.15) is 28.8 Å². The Bertz CT molecular complexity index is 1200. The number of hydrogen-bond donors (Lipinski definition) is 0. The molecule has 2 aliphatic rings. The molecule has 1 aromatic heterocycles. The minimum atomic E-state index is -1.16. The molecule has 2 amide bonds. The third-order valence-corrected chi connectivity index (χ3v) is 6.24. The zero-order chi connectivity index (χ0) is 24.2. The number of allylic oxidation sites excluding steroid dienone is 1. The van der Waals surface area contributed by atoms with E-state index < -0.39 is 11.3 Å². The molecule has 3 heterocycles. The fourth-order valence-electron chi connectivity index (χ4n) is 4.23. The second-order valence-corrected chi connectivity index (χ2v) is 8.81. The summed E-state index contributed by atoms with van der Waals surface area (Å²) in [6.45, 7) is 4.70. The molecule has 0 spiro atoms. The topological polar surface area (TPSA) is 114 Å². The van der Waals surface area contributed by atoms with Crippen molar-refractivity contribution in [1.29, 1.82) is 0 Å². The molecule has 10 nitrogen and oxygen atoms in total. The maximum absolute atomic E-state index is 12.6. The highest BCUT2D eigenvalue weighted by molar-refractivity contribution is 6.04. The molecule has 2 aliphatic heterocycles. The summed E-state index contributed by atoms with van der Waals surface area (Å²) >= 11 is 0. The van der Waals surface area contributed by atoms with Gasteiger partial charge >= 0.3 is 11.3 Å². The van der Waals surface area contributed by atoms with E-state index in [1.54, 1.807) is 26.2 Å². The van der Waals surface area contributed by atoms with Gasteiger partial charge in [0.1, 0.15) is 0 Å². The second kappa shape index (κ2) is 10.4. The highest BCUT2D eigenvalue weighted by atomic mass is 16.5. The lowest BCUT2D eigenvalue weighted by Crippen LogP contribution is -2.46. The molecule has 182 valence electrons. The van der Waals surface area contributed by atoms with Gasteiger partial charge in [-0.3, -0.25) is 14.5 Å². The number of carbonyl (C=O) groups is 2. The lowest BCUT2D eigenvalue weighted by atomic mass is 9.95. The Labute approximate surface area is 196 Å². The van der Waals surface area contributed by atoms with Gasteiger partial charge in [-0.05, 0) is 24.8 Å². The summed E-state index contributed by atoms with van der Waals surface area (Å²) in [6.07, 6.45) is 5.46. The molecule has 2 saturated heterocycles. The number of hydrogen-bond acceptors (Lipinski definition) is 8. The van der Waals surface area contributed by atoms with Crippen LogP contribution in [0.15, 0.2) is 36.6 Å². The number of ether oxygens (including phenoxy) is 1. The first-order valence-electron chi connectivity index (χ1n) is 11.4. The minimum Gasteiger partial charge on any atom is -0.413 e. The van der Waals surface area contributed by atoms with Crippen molar-refractivity contribution in [3.8, 4) is 0 Å². The number of benzene rings is 1. The van der Waals surface area contributed by atoms with E-state index in [2.05, 4.69) is 4.90 Å². The lowest BCUT2D eigenvalue weighted by Gasteiger charge is -2.33. The lowest BCUT2D eigenvalue weighted by molar-refractivity contribution is -0.134. The van der Waals surface area contributed by atoms with Gasteiger partial charge in [-0.1, -0.05) is 18.2 Å². The molecule has 4 rings (SSSR count). The first kappa shape index (κ1) is 23.9. The third-order valence-electron chi connectivity index (χ3n) is 6.24. The molecule has 0 aliphatic carbocycles. The molecule has 0 radical (unpaired) electrons. The van der Waals surface area contributed by atoms with Crippen LogP contribution in [0.4, 0.5) is 0 Å². The van der Waals surface area contributed by atoms with Crippen molar-refractivity contribution in [2.75, 3.05) is 60.0 Å². The van der Waals surface area contributed by atoms with Gasteiger partial charge in [0.2, 0.25) is 5.91 Å². The average molecular weight is 472 g/mol. The maximum Gasteiger partial charge on any atom is 0.423 e. The summed E-state index contributed by atoms with van der Waals surface area (Å²) in [5.41, 5.74) is -1.58. The summed E-state index contributed by atoms with van der Waals surface area (Å²) in [5.74, 6) is 0.0212. The first-order valence-corrected chi connectivity index (χ1v) is 11.4. The van der Waals surface area contributed by atoms with Crippen LogP contribution in [0, 0.1) is 5.92 Å². The molecule has 2 aromatic rings. The van der Waals surface area contributed by atoms with Crippen LogP contribution in [0.2, 0.25) is 0 Å². The Hall–Kier alpha value is -3.24. The zero-order valence-electron chi connectivity index (χ0n) is 19.5. The number of nitrogens with zero attached hydrogens (tertiary/aromatic N) is 3. The van der Waals surface area contributed by atoms with Crippen LogP contribution in [-0.4, -0.2) is 86.5 Å². The van der Waals surface area contributed by atoms with Gasteiger partial charge in [0.25, 0.3) is 5.91 Å². The van der Waals surface area contributed by atoms with Crippen LogP contribution in [0.5, 0.6) is 0 Å². The molecule has 10 heteroatoms. The molecule has 0 N–H and O–H groups in total. The van der Waals surface area contributed by atoms with Gasteiger partial charge in [0, 0.05) is 45.8 Å². The first-order chi connectivity index (χ1) is 16.3. The van der Waals surface area contributed by atoms with E-state index in [1.807, 2.05) is 17.1 Å². The maximum atomic E-state index is 12.6. The predicted octanol–water partition coefficient (Wildman–Crippen LogP) is 1.03. The van der Waals surface area contributed by atoms with Gasteiger partial charge in [0.15, 0.2) is 11.2 Å². The van der Waals surface area contributed by atoms with E-state index >= 15 is 0 Å². The Morgan fingerprint density at radius 3 is 2.29 bits per heavy atom. The summed E-state index contributed by atoms with van der Waals surface area (Å²) in [4.78, 5) is 54.0. The highest BCUT2D eigenvalue weighted by Gasteiger charge is 2.24. The predicted molar refractivity (Wildman–Crippen MR) is 125 cm³/mol. The van der Waals surface area contributed by atoms with Crippen molar-refractivity contribution in [2.24, 2.45) is 5.92 Å². The van der Waals surface area contributed by atoms with Crippen LogP contribution in [0.3, 0.4) is 0 Å². The fraction of sp³-hybridized carbons (Fsp3) is 0.500. The van der Waals surface area contributed by atoms with E-state index in [1.165, 1.54) is 4.90 Å².